The van der Waals surface area contributed by atoms with Crippen LogP contribution in [-0.2, 0) is 0 Å². The predicted octanol–water partition coefficient (Wildman–Crippen LogP) is 12.4. The van der Waals surface area contributed by atoms with Gasteiger partial charge in [-0.1, -0.05) is 78.9 Å². The molecular formula is C42H28N2O2. The van der Waals surface area contributed by atoms with E-state index in [0.29, 0.717) is 0 Å². The molecule has 0 radical (unpaired) electrons. The number of nitrogens with zero attached hydrogens (tertiary/aromatic N) is 2. The van der Waals surface area contributed by atoms with Gasteiger partial charge in [0.15, 0.2) is 0 Å². The molecule has 0 saturated heterocycles. The molecule has 0 unspecified atom stereocenters. The Morgan fingerprint density at radius 3 is 1.11 bits per heavy atom. The lowest BCUT2D eigenvalue weighted by Crippen LogP contribution is -2.13. The molecule has 2 aromatic heterocycles. The second-order valence-corrected chi connectivity index (χ2v) is 11.4. The molecular weight excluding hydrogens is 564 g/mol. The van der Waals surface area contributed by atoms with E-state index in [1.54, 1.807) is 0 Å². The smallest absolute Gasteiger partial charge is 0.137 e. The first kappa shape index (κ1) is 26.2. The fraction of sp³-hybridized carbons (Fsp3) is 0. The lowest BCUT2D eigenvalue weighted by Gasteiger charge is -2.29. The first-order valence-electron chi connectivity index (χ1n) is 15.4. The lowest BCUT2D eigenvalue weighted by molar-refractivity contribution is 0.668. The summed E-state index contributed by atoms with van der Waals surface area (Å²) in [5.41, 5.74) is 9.73. The highest BCUT2D eigenvalue weighted by Crippen LogP contribution is 2.43. The van der Waals surface area contributed by atoms with Crippen LogP contribution in [-0.4, -0.2) is 0 Å². The van der Waals surface area contributed by atoms with Gasteiger partial charge in [-0.25, -0.2) is 0 Å². The number of rotatable bonds is 6. The highest BCUT2D eigenvalue weighted by Gasteiger charge is 2.19. The quantitative estimate of drug-likeness (QED) is 0.192. The second kappa shape index (κ2) is 10.7. The summed E-state index contributed by atoms with van der Waals surface area (Å²) in [6.07, 6.45) is 0. The molecule has 0 aliphatic carbocycles. The van der Waals surface area contributed by atoms with Gasteiger partial charge in [-0.15, -0.1) is 0 Å². The molecule has 0 bridgehead atoms. The van der Waals surface area contributed by atoms with Crippen LogP contribution in [0.15, 0.2) is 179 Å². The van der Waals surface area contributed by atoms with Crippen molar-refractivity contribution in [2.45, 2.75) is 0 Å². The molecule has 4 nitrogen and oxygen atoms in total. The highest BCUT2D eigenvalue weighted by atomic mass is 16.3. The molecule has 218 valence electrons. The Bertz CT molecular complexity index is 2320. The first-order valence-corrected chi connectivity index (χ1v) is 15.4. The third-order valence-electron chi connectivity index (χ3n) is 8.62. The second-order valence-electron chi connectivity index (χ2n) is 11.4. The van der Waals surface area contributed by atoms with E-state index in [2.05, 4.69) is 143 Å². The predicted molar refractivity (Wildman–Crippen MR) is 190 cm³/mol. The molecule has 0 aliphatic rings. The number of hydrogen-bond acceptors (Lipinski definition) is 4. The molecule has 0 atom stereocenters. The number of hydrogen-bond donors (Lipinski definition) is 0. The van der Waals surface area contributed by atoms with E-state index in [0.717, 1.165) is 78.0 Å². The maximum Gasteiger partial charge on any atom is 0.137 e. The van der Waals surface area contributed by atoms with Gasteiger partial charge >= 0.3 is 0 Å². The van der Waals surface area contributed by atoms with E-state index in [1.165, 1.54) is 0 Å². The molecule has 0 aliphatic heterocycles. The molecule has 9 rings (SSSR count). The number of benzene rings is 7. The minimum Gasteiger partial charge on any atom is -0.456 e. The average Bonchev–Trinajstić information content (AvgIpc) is 3.67. The summed E-state index contributed by atoms with van der Waals surface area (Å²) in [5, 5.41) is 4.46. The Balaban J connectivity index is 1.20. The molecule has 0 amide bonds. The maximum atomic E-state index is 6.31. The summed E-state index contributed by atoms with van der Waals surface area (Å²) in [6.45, 7) is 0. The zero-order valence-electron chi connectivity index (χ0n) is 24.9. The van der Waals surface area contributed by atoms with Crippen molar-refractivity contribution < 1.29 is 8.83 Å². The molecule has 0 saturated carbocycles. The largest absolute Gasteiger partial charge is 0.456 e. The summed E-state index contributed by atoms with van der Waals surface area (Å²) in [6, 6.07) is 59.0. The van der Waals surface area contributed by atoms with E-state index >= 15 is 0 Å². The van der Waals surface area contributed by atoms with E-state index in [-0.39, 0.29) is 0 Å². The number of furan rings is 2. The van der Waals surface area contributed by atoms with Gasteiger partial charge in [-0.05, 0) is 78.9 Å². The topological polar surface area (TPSA) is 32.8 Å². The van der Waals surface area contributed by atoms with Gasteiger partial charge in [0.25, 0.3) is 0 Å². The van der Waals surface area contributed by atoms with Crippen LogP contribution in [0.1, 0.15) is 0 Å². The van der Waals surface area contributed by atoms with Crippen molar-refractivity contribution in [2.24, 2.45) is 0 Å². The van der Waals surface area contributed by atoms with E-state index in [1.807, 2.05) is 36.4 Å². The van der Waals surface area contributed by atoms with Gasteiger partial charge in [0, 0.05) is 67.8 Å². The van der Waals surface area contributed by atoms with Crippen LogP contribution in [0.3, 0.4) is 0 Å². The minimum atomic E-state index is 0.862. The van der Waals surface area contributed by atoms with Crippen molar-refractivity contribution in [1.29, 1.82) is 0 Å². The van der Waals surface area contributed by atoms with Crippen molar-refractivity contribution >= 4 is 78.0 Å². The van der Waals surface area contributed by atoms with Crippen LogP contribution < -0.4 is 9.80 Å². The van der Waals surface area contributed by atoms with Gasteiger partial charge in [0.1, 0.15) is 22.3 Å². The van der Waals surface area contributed by atoms with E-state index in [9.17, 15) is 0 Å². The average molecular weight is 593 g/mol. The summed E-state index contributed by atoms with van der Waals surface area (Å²) in [5.74, 6) is 0. The molecule has 9 aromatic rings. The van der Waals surface area contributed by atoms with Gasteiger partial charge in [0.05, 0.1) is 0 Å². The van der Waals surface area contributed by atoms with Crippen molar-refractivity contribution in [3.63, 3.8) is 0 Å². The van der Waals surface area contributed by atoms with Crippen LogP contribution in [0.25, 0.3) is 43.9 Å². The van der Waals surface area contributed by atoms with Crippen molar-refractivity contribution in [3.8, 4) is 0 Å². The molecule has 2 heterocycles. The molecule has 46 heavy (non-hydrogen) atoms. The number of anilines is 6. The van der Waals surface area contributed by atoms with Gasteiger partial charge < -0.3 is 18.6 Å². The van der Waals surface area contributed by atoms with Crippen molar-refractivity contribution in [3.05, 3.63) is 170 Å². The Morgan fingerprint density at radius 2 is 0.630 bits per heavy atom. The normalized spacial score (nSPS) is 11.5. The van der Waals surface area contributed by atoms with Crippen molar-refractivity contribution in [1.82, 2.24) is 0 Å². The Morgan fingerprint density at radius 1 is 0.261 bits per heavy atom. The van der Waals surface area contributed by atoms with Gasteiger partial charge in [-0.2, -0.15) is 0 Å². The highest BCUT2D eigenvalue weighted by molar-refractivity contribution is 6.07. The summed E-state index contributed by atoms with van der Waals surface area (Å²) in [7, 11) is 0. The zero-order chi connectivity index (χ0) is 30.5. The third kappa shape index (κ3) is 4.39. The van der Waals surface area contributed by atoms with Crippen LogP contribution in [0.2, 0.25) is 0 Å². The Labute approximate surface area is 265 Å². The maximum absolute atomic E-state index is 6.31. The summed E-state index contributed by atoms with van der Waals surface area (Å²) >= 11 is 0. The molecule has 0 N–H and O–H groups in total. The SMILES string of the molecule is c1ccc(N(c2cccc(N(c3ccccc3)c3ccc4c(c3)oc3ccccc34)c2)c2ccc3c(c2)oc2ccccc23)cc1. The van der Waals surface area contributed by atoms with Crippen LogP contribution in [0.4, 0.5) is 34.1 Å². The molecule has 0 fully saturated rings. The molecule has 0 spiro atoms. The van der Waals surface area contributed by atoms with Crippen LogP contribution >= 0.6 is 0 Å². The first-order chi connectivity index (χ1) is 22.8. The van der Waals surface area contributed by atoms with Crippen LogP contribution in [0.5, 0.6) is 0 Å². The van der Waals surface area contributed by atoms with Crippen molar-refractivity contribution in [2.75, 3.05) is 9.80 Å². The number of para-hydroxylation sites is 4. The van der Waals surface area contributed by atoms with E-state index < -0.39 is 0 Å². The zero-order valence-corrected chi connectivity index (χ0v) is 24.9. The third-order valence-corrected chi connectivity index (χ3v) is 8.62. The van der Waals surface area contributed by atoms with Crippen LogP contribution in [0, 0.1) is 0 Å². The fourth-order valence-electron chi connectivity index (χ4n) is 6.53. The minimum absolute atomic E-state index is 0.862. The Hall–Kier alpha value is -6.26. The number of fused-ring (bicyclic) bond motifs is 6. The Kier molecular flexibility index (Phi) is 6.10. The monoisotopic (exact) mass is 592 g/mol. The fourth-order valence-corrected chi connectivity index (χ4v) is 6.53. The summed E-state index contributed by atoms with van der Waals surface area (Å²) < 4.78 is 12.6. The standard InChI is InChI=1S/C42H28N2O2/c1-3-12-29(13-4-1)43(33-22-24-37-35-18-7-9-20-39(35)45-41(37)27-33)31-16-11-17-32(26-31)44(30-14-5-2-6-15-30)34-23-25-38-36-19-8-10-21-40(36)46-42(38)28-34/h1-28H. The van der Waals surface area contributed by atoms with Gasteiger partial charge in [0.2, 0.25) is 0 Å². The molecule has 4 heteroatoms. The van der Waals surface area contributed by atoms with E-state index in [4.69, 9.17) is 8.83 Å². The van der Waals surface area contributed by atoms with Gasteiger partial charge in [-0.3, -0.25) is 0 Å². The summed E-state index contributed by atoms with van der Waals surface area (Å²) in [4.78, 5) is 4.56. The lowest BCUT2D eigenvalue weighted by atomic mass is 10.1. The molecule has 7 aromatic carbocycles.